The first-order chi connectivity index (χ1) is 12.4. The fraction of sp³-hybridized carbons (Fsp3) is 0.0588. The summed E-state index contributed by atoms with van der Waals surface area (Å²) in [6.45, 7) is 1.85. The summed E-state index contributed by atoms with van der Waals surface area (Å²) in [5.41, 5.74) is 1.98. The van der Waals surface area contributed by atoms with Crippen molar-refractivity contribution in [2.24, 2.45) is 0 Å². The van der Waals surface area contributed by atoms with E-state index in [4.69, 9.17) is 11.6 Å². The molecule has 9 heteroatoms. The predicted octanol–water partition coefficient (Wildman–Crippen LogP) is 5.44. The molecule has 0 atom stereocenters. The zero-order valence-electron chi connectivity index (χ0n) is 13.5. The number of rotatable bonds is 5. The number of aryl methyl sites for hydroxylation is 1. The van der Waals surface area contributed by atoms with Crippen LogP contribution in [0.4, 0.5) is 28.7 Å². The molecule has 0 aliphatic heterocycles. The van der Waals surface area contributed by atoms with E-state index in [9.17, 15) is 10.1 Å². The Morgan fingerprint density at radius 2 is 1.73 bits per heavy atom. The lowest BCUT2D eigenvalue weighted by atomic mass is 10.2. The molecule has 0 spiro atoms. The standard InChI is InChI=1S/C17H13ClIN5O2/c1-10-8-11(18)2-7-14(10)23-17-15(24(25)26)16(20-9-21-17)22-13-5-3-12(19)4-6-13/h2-9H,1H3,(H2,20,21,22,23). The minimum Gasteiger partial charge on any atom is -0.334 e. The Kier molecular flexibility index (Phi) is 5.52. The number of halogens is 2. The van der Waals surface area contributed by atoms with Crippen LogP contribution in [0.2, 0.25) is 5.02 Å². The molecule has 26 heavy (non-hydrogen) atoms. The summed E-state index contributed by atoms with van der Waals surface area (Å²) in [4.78, 5) is 19.2. The molecule has 0 unspecified atom stereocenters. The van der Waals surface area contributed by atoms with Gasteiger partial charge in [0.15, 0.2) is 0 Å². The normalized spacial score (nSPS) is 10.4. The van der Waals surface area contributed by atoms with Gasteiger partial charge in [0.05, 0.1) is 4.92 Å². The highest BCUT2D eigenvalue weighted by atomic mass is 127. The second kappa shape index (κ2) is 7.83. The first-order valence-corrected chi connectivity index (χ1v) is 8.95. The number of hydrogen-bond acceptors (Lipinski definition) is 6. The van der Waals surface area contributed by atoms with Crippen molar-refractivity contribution in [1.82, 2.24) is 9.97 Å². The average molecular weight is 482 g/mol. The van der Waals surface area contributed by atoms with Crippen molar-refractivity contribution in [3.05, 3.63) is 73.1 Å². The van der Waals surface area contributed by atoms with E-state index in [0.29, 0.717) is 16.4 Å². The molecule has 0 bridgehead atoms. The van der Waals surface area contributed by atoms with Crippen molar-refractivity contribution >= 4 is 62.9 Å². The summed E-state index contributed by atoms with van der Waals surface area (Å²) in [6, 6.07) is 12.7. The van der Waals surface area contributed by atoms with Crippen LogP contribution in [-0.4, -0.2) is 14.9 Å². The second-order valence-corrected chi connectivity index (χ2v) is 7.07. The first-order valence-electron chi connectivity index (χ1n) is 7.49. The van der Waals surface area contributed by atoms with Gasteiger partial charge in [0.1, 0.15) is 6.33 Å². The molecule has 0 radical (unpaired) electrons. The maximum Gasteiger partial charge on any atom is 0.353 e. The van der Waals surface area contributed by atoms with Gasteiger partial charge in [-0.2, -0.15) is 0 Å². The Bertz CT molecular complexity index is 966. The van der Waals surface area contributed by atoms with Crippen molar-refractivity contribution in [3.63, 3.8) is 0 Å². The van der Waals surface area contributed by atoms with Gasteiger partial charge in [0.25, 0.3) is 0 Å². The van der Waals surface area contributed by atoms with Crippen LogP contribution in [0.25, 0.3) is 0 Å². The lowest BCUT2D eigenvalue weighted by molar-refractivity contribution is -0.383. The lowest BCUT2D eigenvalue weighted by Gasteiger charge is -2.12. The summed E-state index contributed by atoms with van der Waals surface area (Å²) >= 11 is 8.14. The largest absolute Gasteiger partial charge is 0.353 e. The molecule has 0 saturated heterocycles. The molecule has 3 rings (SSSR count). The van der Waals surface area contributed by atoms with Gasteiger partial charge in [-0.1, -0.05) is 11.6 Å². The summed E-state index contributed by atoms with van der Waals surface area (Å²) in [7, 11) is 0. The van der Waals surface area contributed by atoms with Gasteiger partial charge >= 0.3 is 5.69 Å². The van der Waals surface area contributed by atoms with E-state index >= 15 is 0 Å². The van der Waals surface area contributed by atoms with Crippen molar-refractivity contribution in [2.75, 3.05) is 10.6 Å². The minimum atomic E-state index is -0.511. The topological polar surface area (TPSA) is 93.0 Å². The van der Waals surface area contributed by atoms with E-state index in [-0.39, 0.29) is 17.3 Å². The molecular weight excluding hydrogens is 469 g/mol. The smallest absolute Gasteiger partial charge is 0.334 e. The number of nitro groups is 1. The maximum absolute atomic E-state index is 11.6. The molecule has 1 aromatic heterocycles. The van der Waals surface area contributed by atoms with E-state index in [1.165, 1.54) is 6.33 Å². The van der Waals surface area contributed by atoms with E-state index in [1.807, 2.05) is 31.2 Å². The number of aromatic nitrogens is 2. The van der Waals surface area contributed by atoms with Crippen LogP contribution in [-0.2, 0) is 0 Å². The van der Waals surface area contributed by atoms with Crippen molar-refractivity contribution in [3.8, 4) is 0 Å². The third kappa shape index (κ3) is 4.20. The van der Waals surface area contributed by atoms with Crippen LogP contribution < -0.4 is 10.6 Å². The van der Waals surface area contributed by atoms with Gasteiger partial charge in [-0.25, -0.2) is 9.97 Å². The zero-order chi connectivity index (χ0) is 18.7. The van der Waals surface area contributed by atoms with Crippen LogP contribution in [0.5, 0.6) is 0 Å². The molecule has 0 aliphatic carbocycles. The van der Waals surface area contributed by atoms with E-state index < -0.39 is 4.92 Å². The van der Waals surface area contributed by atoms with Gasteiger partial charge in [0.2, 0.25) is 11.6 Å². The Morgan fingerprint density at radius 3 is 2.35 bits per heavy atom. The third-order valence-corrected chi connectivity index (χ3v) is 4.51. The van der Waals surface area contributed by atoms with Crippen LogP contribution in [0.1, 0.15) is 5.56 Å². The summed E-state index contributed by atoms with van der Waals surface area (Å²) in [6.07, 6.45) is 1.27. The quantitative estimate of drug-likeness (QED) is 0.286. The Balaban J connectivity index is 1.98. The predicted molar refractivity (Wildman–Crippen MR) is 111 cm³/mol. The Labute approximate surface area is 168 Å². The number of hydrogen-bond donors (Lipinski definition) is 2. The number of nitrogens with zero attached hydrogens (tertiary/aromatic N) is 3. The van der Waals surface area contributed by atoms with Gasteiger partial charge in [-0.05, 0) is 77.5 Å². The molecule has 132 valence electrons. The monoisotopic (exact) mass is 481 g/mol. The third-order valence-electron chi connectivity index (χ3n) is 3.55. The van der Waals surface area contributed by atoms with E-state index in [1.54, 1.807) is 18.2 Å². The number of nitrogens with one attached hydrogen (secondary N) is 2. The molecule has 0 aliphatic rings. The molecule has 3 aromatic rings. The van der Waals surface area contributed by atoms with Crippen LogP contribution in [0.15, 0.2) is 48.8 Å². The van der Waals surface area contributed by atoms with Crippen LogP contribution in [0, 0.1) is 20.6 Å². The molecule has 2 aromatic carbocycles. The molecular formula is C17H13ClIN5O2. The van der Waals surface area contributed by atoms with E-state index in [2.05, 4.69) is 43.2 Å². The SMILES string of the molecule is Cc1cc(Cl)ccc1Nc1ncnc(Nc2ccc(I)cc2)c1[N+](=O)[O-]. The molecule has 2 N–H and O–H groups in total. The van der Waals surface area contributed by atoms with Crippen molar-refractivity contribution in [1.29, 1.82) is 0 Å². The van der Waals surface area contributed by atoms with Gasteiger partial charge in [0, 0.05) is 20.0 Å². The highest BCUT2D eigenvalue weighted by molar-refractivity contribution is 14.1. The highest BCUT2D eigenvalue weighted by Crippen LogP contribution is 2.34. The molecule has 0 amide bonds. The fourth-order valence-electron chi connectivity index (χ4n) is 2.30. The Morgan fingerprint density at radius 1 is 1.08 bits per heavy atom. The van der Waals surface area contributed by atoms with Gasteiger partial charge < -0.3 is 10.6 Å². The average Bonchev–Trinajstić information content (AvgIpc) is 2.59. The molecule has 0 fully saturated rings. The highest BCUT2D eigenvalue weighted by Gasteiger charge is 2.23. The number of anilines is 4. The zero-order valence-corrected chi connectivity index (χ0v) is 16.4. The minimum absolute atomic E-state index is 0.100. The first kappa shape index (κ1) is 18.3. The fourth-order valence-corrected chi connectivity index (χ4v) is 2.89. The van der Waals surface area contributed by atoms with Crippen molar-refractivity contribution in [2.45, 2.75) is 6.92 Å². The van der Waals surface area contributed by atoms with Crippen molar-refractivity contribution < 1.29 is 4.92 Å². The number of benzene rings is 2. The maximum atomic E-state index is 11.6. The molecule has 1 heterocycles. The van der Waals surface area contributed by atoms with Crippen LogP contribution in [0.3, 0.4) is 0 Å². The summed E-state index contributed by atoms with van der Waals surface area (Å²) < 4.78 is 1.06. The van der Waals surface area contributed by atoms with Gasteiger partial charge in [-0.3, -0.25) is 10.1 Å². The van der Waals surface area contributed by atoms with Gasteiger partial charge in [-0.15, -0.1) is 0 Å². The Hall–Kier alpha value is -2.46. The molecule has 0 saturated carbocycles. The van der Waals surface area contributed by atoms with E-state index in [0.717, 1.165) is 9.13 Å². The summed E-state index contributed by atoms with van der Waals surface area (Å²) in [5, 5.41) is 18.2. The second-order valence-electron chi connectivity index (χ2n) is 5.39. The summed E-state index contributed by atoms with van der Waals surface area (Å²) in [5.74, 6) is 0.212. The lowest BCUT2D eigenvalue weighted by Crippen LogP contribution is -2.06. The molecule has 7 nitrogen and oxygen atoms in total. The van der Waals surface area contributed by atoms with Crippen LogP contribution >= 0.6 is 34.2 Å².